The average molecular weight is 286 g/mol. The van der Waals surface area contributed by atoms with E-state index in [9.17, 15) is 4.79 Å². The van der Waals surface area contributed by atoms with Gasteiger partial charge in [-0.3, -0.25) is 4.79 Å². The van der Waals surface area contributed by atoms with Crippen molar-refractivity contribution in [1.29, 1.82) is 0 Å². The normalized spacial score (nSPS) is 10.2. The van der Waals surface area contributed by atoms with Crippen LogP contribution in [0.5, 0.6) is 0 Å². The van der Waals surface area contributed by atoms with Gasteiger partial charge in [-0.25, -0.2) is 0 Å². The van der Waals surface area contributed by atoms with E-state index in [-0.39, 0.29) is 12.5 Å². The van der Waals surface area contributed by atoms with Gasteiger partial charge >= 0.3 is 0 Å². The Hall–Kier alpha value is -0.870. The summed E-state index contributed by atoms with van der Waals surface area (Å²) in [4.78, 5) is 13.7. The first-order valence-corrected chi connectivity index (χ1v) is 6.05. The molecule has 0 aromatic heterocycles. The molecule has 0 fully saturated rings. The third-order valence-electron chi connectivity index (χ3n) is 2.46. The van der Waals surface area contributed by atoms with E-state index in [1.54, 1.807) is 4.90 Å². The van der Waals surface area contributed by atoms with Crippen LogP contribution in [0.2, 0.25) is 0 Å². The molecule has 0 saturated heterocycles. The Morgan fingerprint density at radius 1 is 1.50 bits per heavy atom. The molecule has 3 nitrogen and oxygen atoms in total. The molecule has 88 valence electrons. The molecule has 0 aliphatic rings. The van der Waals surface area contributed by atoms with Crippen LogP contribution in [-0.2, 0) is 0 Å². The van der Waals surface area contributed by atoms with Crippen molar-refractivity contribution in [3.63, 3.8) is 0 Å². The second-order valence-electron chi connectivity index (χ2n) is 3.57. The molecule has 0 aliphatic heterocycles. The molecule has 1 aromatic carbocycles. The summed E-state index contributed by atoms with van der Waals surface area (Å²) in [7, 11) is 0. The zero-order valence-electron chi connectivity index (χ0n) is 9.53. The maximum absolute atomic E-state index is 12.1. The second-order valence-corrected chi connectivity index (χ2v) is 4.48. The summed E-state index contributed by atoms with van der Waals surface area (Å²) in [5.74, 6) is -0.0263. The SMILES string of the molecule is CCN(CCO)C(=O)c1ccc(Br)cc1C. The number of amides is 1. The Morgan fingerprint density at radius 3 is 2.69 bits per heavy atom. The number of aliphatic hydroxyl groups is 1. The molecule has 1 amide bonds. The van der Waals surface area contributed by atoms with Gasteiger partial charge in [0.1, 0.15) is 0 Å². The quantitative estimate of drug-likeness (QED) is 0.922. The number of hydrogen-bond donors (Lipinski definition) is 1. The number of nitrogens with zero attached hydrogens (tertiary/aromatic N) is 1. The number of benzene rings is 1. The number of carbonyl (C=O) groups is 1. The van der Waals surface area contributed by atoms with E-state index in [2.05, 4.69) is 15.9 Å². The molecular formula is C12H16BrNO2. The molecule has 16 heavy (non-hydrogen) atoms. The lowest BCUT2D eigenvalue weighted by Crippen LogP contribution is -2.33. The van der Waals surface area contributed by atoms with E-state index < -0.39 is 0 Å². The zero-order chi connectivity index (χ0) is 12.1. The van der Waals surface area contributed by atoms with Gasteiger partial charge in [-0.1, -0.05) is 15.9 Å². The van der Waals surface area contributed by atoms with Gasteiger partial charge in [0.05, 0.1) is 6.61 Å². The predicted octanol–water partition coefficient (Wildman–Crippen LogP) is 2.21. The largest absolute Gasteiger partial charge is 0.395 e. The highest BCUT2D eigenvalue weighted by atomic mass is 79.9. The van der Waals surface area contributed by atoms with Gasteiger partial charge in [0.15, 0.2) is 0 Å². The molecule has 0 unspecified atom stereocenters. The first kappa shape index (κ1) is 13.2. The van der Waals surface area contributed by atoms with Gasteiger partial charge in [0.2, 0.25) is 0 Å². The number of aliphatic hydroxyl groups excluding tert-OH is 1. The summed E-state index contributed by atoms with van der Waals surface area (Å²) in [6.45, 7) is 4.79. The first-order chi connectivity index (χ1) is 7.60. The highest BCUT2D eigenvalue weighted by Crippen LogP contribution is 2.17. The van der Waals surface area contributed by atoms with Crippen molar-refractivity contribution in [3.05, 3.63) is 33.8 Å². The molecule has 1 aromatic rings. The minimum Gasteiger partial charge on any atom is -0.395 e. The fourth-order valence-electron chi connectivity index (χ4n) is 1.56. The van der Waals surface area contributed by atoms with E-state index in [0.717, 1.165) is 10.0 Å². The van der Waals surface area contributed by atoms with Crippen LogP contribution in [0.4, 0.5) is 0 Å². The third-order valence-corrected chi connectivity index (χ3v) is 2.95. The maximum atomic E-state index is 12.1. The van der Waals surface area contributed by atoms with Crippen LogP contribution in [-0.4, -0.2) is 35.6 Å². The third kappa shape index (κ3) is 3.06. The number of rotatable bonds is 4. The van der Waals surface area contributed by atoms with Gasteiger partial charge in [-0.15, -0.1) is 0 Å². The summed E-state index contributed by atoms with van der Waals surface area (Å²) < 4.78 is 0.965. The molecule has 1 rings (SSSR count). The molecule has 0 heterocycles. The lowest BCUT2D eigenvalue weighted by molar-refractivity contribution is 0.0731. The summed E-state index contributed by atoms with van der Waals surface area (Å²) in [5.41, 5.74) is 1.63. The molecule has 0 bridgehead atoms. The zero-order valence-corrected chi connectivity index (χ0v) is 11.1. The Bertz CT molecular complexity index is 379. The number of likely N-dealkylation sites (N-methyl/N-ethyl adjacent to an activating group) is 1. The van der Waals surface area contributed by atoms with Crippen LogP contribution in [0.3, 0.4) is 0 Å². The topological polar surface area (TPSA) is 40.5 Å². The molecule has 0 saturated carbocycles. The monoisotopic (exact) mass is 285 g/mol. The summed E-state index contributed by atoms with van der Waals surface area (Å²) >= 11 is 3.37. The Labute approximate surface area is 104 Å². The van der Waals surface area contributed by atoms with Crippen LogP contribution in [0, 0.1) is 6.92 Å². The standard InChI is InChI=1S/C12H16BrNO2/c1-3-14(6-7-15)12(16)11-5-4-10(13)8-9(11)2/h4-5,8,15H,3,6-7H2,1-2H3. The number of carbonyl (C=O) groups excluding carboxylic acids is 1. The molecule has 0 radical (unpaired) electrons. The number of hydrogen-bond acceptors (Lipinski definition) is 2. The Morgan fingerprint density at radius 2 is 2.19 bits per heavy atom. The van der Waals surface area contributed by atoms with Crippen molar-refractivity contribution in [2.75, 3.05) is 19.7 Å². The van der Waals surface area contributed by atoms with Crippen molar-refractivity contribution < 1.29 is 9.90 Å². The van der Waals surface area contributed by atoms with E-state index in [1.807, 2.05) is 32.0 Å². The second kappa shape index (κ2) is 6.01. The fraction of sp³-hybridized carbons (Fsp3) is 0.417. The Kier molecular flexibility index (Phi) is 4.96. The molecular weight excluding hydrogens is 270 g/mol. The van der Waals surface area contributed by atoms with Crippen molar-refractivity contribution in [2.45, 2.75) is 13.8 Å². The minimum absolute atomic E-state index is 0.00481. The first-order valence-electron chi connectivity index (χ1n) is 5.26. The van der Waals surface area contributed by atoms with Gasteiger partial charge < -0.3 is 10.0 Å². The average Bonchev–Trinajstić information content (AvgIpc) is 2.25. The van der Waals surface area contributed by atoms with E-state index in [1.165, 1.54) is 0 Å². The smallest absolute Gasteiger partial charge is 0.254 e. The molecule has 1 N–H and O–H groups in total. The lowest BCUT2D eigenvalue weighted by Gasteiger charge is -2.20. The van der Waals surface area contributed by atoms with Gasteiger partial charge in [-0.2, -0.15) is 0 Å². The van der Waals surface area contributed by atoms with Crippen molar-refractivity contribution in [2.24, 2.45) is 0 Å². The van der Waals surface area contributed by atoms with Crippen molar-refractivity contribution >= 4 is 21.8 Å². The highest BCUT2D eigenvalue weighted by molar-refractivity contribution is 9.10. The van der Waals surface area contributed by atoms with Gasteiger partial charge in [0.25, 0.3) is 5.91 Å². The minimum atomic E-state index is -0.0263. The number of halogens is 1. The highest BCUT2D eigenvalue weighted by Gasteiger charge is 2.15. The summed E-state index contributed by atoms with van der Waals surface area (Å²) in [6, 6.07) is 5.58. The Balaban J connectivity index is 2.94. The van der Waals surface area contributed by atoms with Gasteiger partial charge in [-0.05, 0) is 37.6 Å². The fourth-order valence-corrected chi connectivity index (χ4v) is 2.04. The van der Waals surface area contributed by atoms with Crippen LogP contribution >= 0.6 is 15.9 Å². The van der Waals surface area contributed by atoms with Gasteiger partial charge in [0, 0.05) is 23.1 Å². The van der Waals surface area contributed by atoms with E-state index in [4.69, 9.17) is 5.11 Å². The summed E-state index contributed by atoms with van der Waals surface area (Å²) in [5, 5.41) is 8.88. The molecule has 0 atom stereocenters. The van der Waals surface area contributed by atoms with E-state index in [0.29, 0.717) is 18.7 Å². The van der Waals surface area contributed by atoms with E-state index >= 15 is 0 Å². The van der Waals surface area contributed by atoms with Crippen LogP contribution < -0.4 is 0 Å². The summed E-state index contributed by atoms with van der Waals surface area (Å²) in [6.07, 6.45) is 0. The molecule has 0 spiro atoms. The predicted molar refractivity (Wildman–Crippen MR) is 67.5 cm³/mol. The van der Waals surface area contributed by atoms with Crippen molar-refractivity contribution in [1.82, 2.24) is 4.90 Å². The lowest BCUT2D eigenvalue weighted by atomic mass is 10.1. The van der Waals surface area contributed by atoms with Crippen LogP contribution in [0.1, 0.15) is 22.8 Å². The number of aryl methyl sites for hydroxylation is 1. The molecule has 0 aliphatic carbocycles. The van der Waals surface area contributed by atoms with Crippen molar-refractivity contribution in [3.8, 4) is 0 Å². The van der Waals surface area contributed by atoms with Crippen LogP contribution in [0.15, 0.2) is 22.7 Å². The van der Waals surface area contributed by atoms with Crippen LogP contribution in [0.25, 0.3) is 0 Å². The molecule has 4 heteroatoms. The maximum Gasteiger partial charge on any atom is 0.254 e.